The summed E-state index contributed by atoms with van der Waals surface area (Å²) in [6, 6.07) is 7.73. The number of nitrogens with one attached hydrogen (secondary N) is 1. The summed E-state index contributed by atoms with van der Waals surface area (Å²) in [6.07, 6.45) is -4.46. The predicted octanol–water partition coefficient (Wildman–Crippen LogP) is 4.94. The van der Waals surface area contributed by atoms with Crippen LogP contribution in [0.3, 0.4) is 0 Å². The number of hydrogen-bond acceptors (Lipinski definition) is 12. The van der Waals surface area contributed by atoms with E-state index in [0.29, 0.717) is 17.0 Å². The number of rotatable bonds is 12. The second-order valence-corrected chi connectivity index (χ2v) is 13.7. The highest BCUT2D eigenvalue weighted by Crippen LogP contribution is 2.58. The third-order valence-corrected chi connectivity index (χ3v) is 8.59. The molecule has 4 rings (SSSR count). The average molecular weight is 684 g/mol. The van der Waals surface area contributed by atoms with Crippen LogP contribution < -0.4 is 11.2 Å². The number of aromatic amines is 1. The minimum atomic E-state index is -4.40. The molecule has 250 valence electrons. The van der Waals surface area contributed by atoms with Gasteiger partial charge in [0.15, 0.2) is 18.4 Å². The number of aromatic nitrogens is 2. The van der Waals surface area contributed by atoms with Gasteiger partial charge in [0.1, 0.15) is 0 Å². The molecular weight excluding hydrogens is 649 g/mol. The van der Waals surface area contributed by atoms with Crippen LogP contribution in [-0.2, 0) is 41.9 Å². The Labute approximate surface area is 268 Å². The summed E-state index contributed by atoms with van der Waals surface area (Å²) in [5.74, 6) is -1.83. The molecule has 0 spiro atoms. The topological polar surface area (TPSA) is 210 Å². The molecule has 6 atom stereocenters. The van der Waals surface area contributed by atoms with E-state index in [1.165, 1.54) is 0 Å². The summed E-state index contributed by atoms with van der Waals surface area (Å²) in [6.45, 7) is 6.13. The fraction of sp³-hybridized carbons (Fsp3) is 0.571. The zero-order chi connectivity index (χ0) is 33.6. The first-order valence-corrected chi connectivity index (χ1v) is 16.4. The molecule has 1 unspecified atom stereocenters. The molecule has 0 bridgehead atoms. The molecule has 18 heteroatoms. The summed E-state index contributed by atoms with van der Waals surface area (Å²) < 4.78 is 48.9. The number of hydrogen-bond donors (Lipinski definition) is 1. The van der Waals surface area contributed by atoms with E-state index in [0.717, 1.165) is 16.8 Å². The molecule has 46 heavy (non-hydrogen) atoms. The second-order valence-electron chi connectivity index (χ2n) is 11.6. The number of phosphoric acid groups is 1. The monoisotopic (exact) mass is 683 g/mol. The Kier molecular flexibility index (Phi) is 11.5. The van der Waals surface area contributed by atoms with Crippen LogP contribution in [0.4, 0.5) is 0 Å². The van der Waals surface area contributed by atoms with Crippen molar-refractivity contribution >= 4 is 31.4 Å². The first kappa shape index (κ1) is 35.4. The highest BCUT2D eigenvalue weighted by Gasteiger charge is 2.61. The van der Waals surface area contributed by atoms with Crippen molar-refractivity contribution in [3.05, 3.63) is 78.4 Å². The maximum absolute atomic E-state index is 13.7. The summed E-state index contributed by atoms with van der Waals surface area (Å²) >= 11 is 6.11. The predicted molar refractivity (Wildman–Crippen MR) is 161 cm³/mol. The molecule has 0 radical (unpaired) electrons. The highest BCUT2D eigenvalue weighted by atomic mass is 35.5. The number of azide groups is 1. The molecule has 1 N–H and O–H groups in total. The van der Waals surface area contributed by atoms with E-state index >= 15 is 0 Å². The zero-order valence-corrected chi connectivity index (χ0v) is 27.2. The molecule has 16 nitrogen and oxygen atoms in total. The van der Waals surface area contributed by atoms with Crippen LogP contribution in [0.15, 0.2) is 51.2 Å². The van der Waals surface area contributed by atoms with Crippen LogP contribution in [0.1, 0.15) is 64.9 Å². The first-order chi connectivity index (χ1) is 21.7. The van der Waals surface area contributed by atoms with E-state index in [4.69, 9.17) is 39.4 Å². The van der Waals surface area contributed by atoms with Gasteiger partial charge in [0.05, 0.1) is 19.3 Å². The fourth-order valence-corrected chi connectivity index (χ4v) is 6.52. The molecule has 1 aromatic heterocycles. The molecule has 2 saturated heterocycles. The van der Waals surface area contributed by atoms with Gasteiger partial charge in [-0.3, -0.25) is 37.5 Å². The molecule has 3 heterocycles. The van der Waals surface area contributed by atoms with Crippen molar-refractivity contribution in [2.45, 2.75) is 77.2 Å². The Hall–Kier alpha value is -3.49. The normalized spacial score (nSPS) is 27.7. The number of carbonyl (C=O) groups is 2. The van der Waals surface area contributed by atoms with Crippen molar-refractivity contribution < 1.29 is 41.9 Å². The number of phosphoric ester groups is 1. The lowest BCUT2D eigenvalue weighted by atomic mass is 10.0. The van der Waals surface area contributed by atoms with Gasteiger partial charge in [0.2, 0.25) is 5.72 Å². The number of nitrogens with zero attached hydrogens (tertiary/aromatic N) is 4. The Morgan fingerprint density at radius 2 is 1.87 bits per heavy atom. The fourth-order valence-electron chi connectivity index (χ4n) is 4.91. The van der Waals surface area contributed by atoms with Gasteiger partial charge in [-0.1, -0.05) is 56.5 Å². The van der Waals surface area contributed by atoms with Crippen molar-refractivity contribution in [1.82, 2.24) is 9.55 Å². The molecule has 1 aromatic carbocycles. The minimum absolute atomic E-state index is 0.0402. The second kappa shape index (κ2) is 14.9. The van der Waals surface area contributed by atoms with Gasteiger partial charge in [-0.05, 0) is 35.1 Å². The standard InChI is InChI=1S/C28H35ClN5O11P/c1-16(2)12-22(36)42-24-25(43-23(37)13-17(3)4)28(32-33-30,44-26(24)34-10-8-21(35)31-27(34)38)15-41-46(39)40-11-9-20(45-46)18-6-5-7-19(29)14-18/h5-8,10,14,16-17,20,24-26H,9,11-13,15H2,1-4H3,(H,31,35,38)/t20-,24+,25-,26+,28+,46?/m0/s1. The average Bonchev–Trinajstić information content (AvgIpc) is 3.23. The van der Waals surface area contributed by atoms with E-state index in [9.17, 15) is 29.3 Å². The first-order valence-electron chi connectivity index (χ1n) is 14.5. The lowest BCUT2D eigenvalue weighted by Gasteiger charge is -2.33. The maximum Gasteiger partial charge on any atom is 0.475 e. The SMILES string of the molecule is CC(C)CC(=O)O[C@H]1[C@H](n2ccc(=O)[nH]c2=O)O[C@@](COP2(=O)OCC[C@@H](c3cccc(Cl)c3)O2)(N=[N+]=[N-])[C@H]1OC(=O)CC(C)C. The van der Waals surface area contributed by atoms with Crippen LogP contribution in [0.25, 0.3) is 10.4 Å². The number of esters is 2. The van der Waals surface area contributed by atoms with Crippen molar-refractivity contribution in [2.75, 3.05) is 13.2 Å². The van der Waals surface area contributed by atoms with Crippen molar-refractivity contribution in [3.63, 3.8) is 0 Å². The lowest BCUT2D eigenvalue weighted by molar-refractivity contribution is -0.174. The molecular formula is C28H35ClN5O11P. The Morgan fingerprint density at radius 3 is 2.50 bits per heavy atom. The maximum atomic E-state index is 13.7. The van der Waals surface area contributed by atoms with E-state index < -0.39 is 67.9 Å². The minimum Gasteiger partial charge on any atom is -0.455 e. The van der Waals surface area contributed by atoms with Crippen molar-refractivity contribution in [1.29, 1.82) is 0 Å². The number of halogens is 1. The van der Waals surface area contributed by atoms with Crippen LogP contribution in [-0.4, -0.2) is 52.6 Å². The summed E-state index contributed by atoms with van der Waals surface area (Å²) in [4.78, 5) is 55.6. The lowest BCUT2D eigenvalue weighted by Crippen LogP contribution is -2.49. The van der Waals surface area contributed by atoms with Gasteiger partial charge in [-0.25, -0.2) is 9.36 Å². The van der Waals surface area contributed by atoms with Gasteiger partial charge in [0, 0.05) is 41.5 Å². The summed E-state index contributed by atoms with van der Waals surface area (Å²) in [7, 11) is -4.40. The molecule has 2 fully saturated rings. The van der Waals surface area contributed by atoms with Crippen LogP contribution in [0.2, 0.25) is 5.02 Å². The number of benzene rings is 1. The molecule has 2 aliphatic heterocycles. The Morgan fingerprint density at radius 1 is 1.17 bits per heavy atom. The van der Waals surface area contributed by atoms with Crippen LogP contribution in [0, 0.1) is 11.8 Å². The van der Waals surface area contributed by atoms with Crippen molar-refractivity contribution in [2.24, 2.45) is 17.0 Å². The van der Waals surface area contributed by atoms with Gasteiger partial charge >= 0.3 is 25.5 Å². The number of carbonyl (C=O) groups excluding carboxylic acids is 2. The summed E-state index contributed by atoms with van der Waals surface area (Å²) in [5.41, 5.74) is 6.19. The van der Waals surface area contributed by atoms with E-state index in [1.807, 2.05) is 0 Å². The molecule has 0 aliphatic carbocycles. The van der Waals surface area contributed by atoms with Gasteiger partial charge in [-0.15, -0.1) is 0 Å². The Bertz CT molecular complexity index is 1640. The van der Waals surface area contributed by atoms with E-state index in [2.05, 4.69) is 15.0 Å². The molecule has 2 aromatic rings. The van der Waals surface area contributed by atoms with E-state index in [-0.39, 0.29) is 31.3 Å². The third kappa shape index (κ3) is 8.65. The third-order valence-electron chi connectivity index (χ3n) is 6.90. The molecule has 0 amide bonds. The number of H-pyrrole nitrogens is 1. The molecule has 0 saturated carbocycles. The van der Waals surface area contributed by atoms with Gasteiger partial charge in [0.25, 0.3) is 5.56 Å². The summed E-state index contributed by atoms with van der Waals surface area (Å²) in [5, 5.41) is 4.17. The smallest absolute Gasteiger partial charge is 0.455 e. The van der Waals surface area contributed by atoms with Crippen LogP contribution >= 0.6 is 19.4 Å². The number of ether oxygens (including phenoxy) is 3. The van der Waals surface area contributed by atoms with Crippen LogP contribution in [0.5, 0.6) is 0 Å². The van der Waals surface area contributed by atoms with Gasteiger partial charge in [-0.2, -0.15) is 0 Å². The molecule has 2 aliphatic rings. The largest absolute Gasteiger partial charge is 0.475 e. The van der Waals surface area contributed by atoms with Crippen molar-refractivity contribution in [3.8, 4) is 0 Å². The Balaban J connectivity index is 1.75. The quantitative estimate of drug-likeness (QED) is 0.104. The van der Waals surface area contributed by atoms with Gasteiger partial charge < -0.3 is 14.2 Å². The van der Waals surface area contributed by atoms with E-state index in [1.54, 1.807) is 52.0 Å². The zero-order valence-electron chi connectivity index (χ0n) is 25.6. The highest BCUT2D eigenvalue weighted by molar-refractivity contribution is 7.48.